The van der Waals surface area contributed by atoms with Gasteiger partial charge in [-0.15, -0.1) is 0 Å². The third-order valence-corrected chi connectivity index (χ3v) is 7.38. The number of rotatable bonds is 16. The van der Waals surface area contributed by atoms with Crippen molar-refractivity contribution < 1.29 is 33.3 Å². The molecule has 0 atom stereocenters. The van der Waals surface area contributed by atoms with Crippen LogP contribution >= 0.6 is 0 Å². The second-order valence-corrected chi connectivity index (χ2v) is 11.1. The van der Waals surface area contributed by atoms with Gasteiger partial charge in [-0.2, -0.15) is 0 Å². The van der Waals surface area contributed by atoms with E-state index in [0.717, 1.165) is 11.5 Å². The lowest BCUT2D eigenvalue weighted by Crippen LogP contribution is -2.13. The third-order valence-electron chi connectivity index (χ3n) is 7.38. The Morgan fingerprint density at radius 1 is 0.373 bits per heavy atom. The molecule has 6 aromatic rings. The molecule has 0 aliphatic carbocycles. The van der Waals surface area contributed by atoms with Gasteiger partial charge >= 0.3 is 0 Å². The van der Waals surface area contributed by atoms with Gasteiger partial charge in [-0.3, -0.25) is 9.59 Å². The van der Waals surface area contributed by atoms with Crippen molar-refractivity contribution in [1.82, 2.24) is 0 Å². The number of carbonyl (C=O) groups excluding carboxylic acids is 2. The molecule has 0 aliphatic rings. The van der Waals surface area contributed by atoms with Crippen LogP contribution in [0, 0.1) is 0 Å². The maximum Gasteiger partial charge on any atom is 0.255 e. The molecular formula is C42H36N2O7. The van der Waals surface area contributed by atoms with E-state index in [-0.39, 0.29) is 11.8 Å². The molecule has 0 fully saturated rings. The lowest BCUT2D eigenvalue weighted by Gasteiger charge is -2.11. The predicted octanol–water partition coefficient (Wildman–Crippen LogP) is 8.90. The largest absolute Gasteiger partial charge is 0.490 e. The van der Waals surface area contributed by atoms with Crippen LogP contribution in [0.15, 0.2) is 158 Å². The number of hydrogen-bond donors (Lipinski definition) is 2. The normalized spacial score (nSPS) is 10.4. The fraction of sp³-hybridized carbons (Fsp3) is 0.0952. The second-order valence-electron chi connectivity index (χ2n) is 11.1. The van der Waals surface area contributed by atoms with Gasteiger partial charge < -0.3 is 34.3 Å². The van der Waals surface area contributed by atoms with Crippen molar-refractivity contribution in [3.05, 3.63) is 169 Å². The summed E-state index contributed by atoms with van der Waals surface area (Å²) in [6, 6.07) is 47.1. The fourth-order valence-corrected chi connectivity index (χ4v) is 4.88. The van der Waals surface area contributed by atoms with Gasteiger partial charge in [-0.1, -0.05) is 48.5 Å². The van der Waals surface area contributed by atoms with E-state index in [9.17, 15) is 9.59 Å². The zero-order chi connectivity index (χ0) is 35.1. The highest BCUT2D eigenvalue weighted by atomic mass is 16.5. The van der Waals surface area contributed by atoms with Crippen LogP contribution < -0.4 is 34.3 Å². The van der Waals surface area contributed by atoms with Gasteiger partial charge in [0.1, 0.15) is 60.9 Å². The standard InChI is InChI=1S/C42H36N2O7/c45-41(31-9-7-15-39(29-31)49-27-25-47-35-11-3-1-4-12-35)43-33-17-21-37(22-18-33)51-38-23-19-34(20-24-38)44-42(46)32-10-8-16-40(30-32)50-28-26-48-36-13-5-2-6-14-36/h1-24,29-30H,25-28H2,(H,43,45)(H,44,46). The molecular weight excluding hydrogens is 644 g/mol. The molecule has 51 heavy (non-hydrogen) atoms. The van der Waals surface area contributed by atoms with E-state index in [0.29, 0.717) is 71.9 Å². The molecule has 9 nitrogen and oxygen atoms in total. The summed E-state index contributed by atoms with van der Waals surface area (Å²) >= 11 is 0. The summed E-state index contributed by atoms with van der Waals surface area (Å²) in [5, 5.41) is 5.80. The van der Waals surface area contributed by atoms with E-state index >= 15 is 0 Å². The quantitative estimate of drug-likeness (QED) is 0.0984. The molecule has 0 aliphatic heterocycles. The first-order chi connectivity index (χ1) is 25.1. The Balaban J connectivity index is 0.936. The van der Waals surface area contributed by atoms with Gasteiger partial charge in [0.15, 0.2) is 0 Å². The van der Waals surface area contributed by atoms with Crippen LogP contribution in [0.3, 0.4) is 0 Å². The number of amides is 2. The number of anilines is 2. The van der Waals surface area contributed by atoms with E-state index in [1.807, 2.05) is 60.7 Å². The van der Waals surface area contributed by atoms with Crippen LogP contribution in [0.5, 0.6) is 34.5 Å². The van der Waals surface area contributed by atoms with Gasteiger partial charge in [-0.05, 0) is 109 Å². The minimum Gasteiger partial charge on any atom is -0.490 e. The number of nitrogens with one attached hydrogen (secondary N) is 2. The Hall–Kier alpha value is -6.74. The van der Waals surface area contributed by atoms with Gasteiger partial charge in [-0.25, -0.2) is 0 Å². The van der Waals surface area contributed by atoms with Crippen LogP contribution in [0.1, 0.15) is 20.7 Å². The lowest BCUT2D eigenvalue weighted by molar-refractivity contribution is 0.101. The maximum atomic E-state index is 12.9. The number of ether oxygens (including phenoxy) is 5. The zero-order valence-corrected chi connectivity index (χ0v) is 27.7. The van der Waals surface area contributed by atoms with Crippen molar-refractivity contribution >= 4 is 23.2 Å². The van der Waals surface area contributed by atoms with Gasteiger partial charge in [0.2, 0.25) is 0 Å². The predicted molar refractivity (Wildman–Crippen MR) is 197 cm³/mol. The monoisotopic (exact) mass is 680 g/mol. The molecule has 256 valence electrons. The van der Waals surface area contributed by atoms with Crippen LogP contribution in [0.2, 0.25) is 0 Å². The summed E-state index contributed by atoms with van der Waals surface area (Å²) in [4.78, 5) is 25.8. The highest BCUT2D eigenvalue weighted by Gasteiger charge is 2.10. The Labute approximate surface area is 296 Å². The van der Waals surface area contributed by atoms with Crippen molar-refractivity contribution in [1.29, 1.82) is 0 Å². The van der Waals surface area contributed by atoms with Crippen LogP contribution in [-0.4, -0.2) is 38.2 Å². The van der Waals surface area contributed by atoms with Crippen LogP contribution in [0.4, 0.5) is 11.4 Å². The number of benzene rings is 6. The molecule has 0 heterocycles. The molecule has 0 bridgehead atoms. The van der Waals surface area contributed by atoms with Crippen molar-refractivity contribution in [3.8, 4) is 34.5 Å². The first-order valence-corrected chi connectivity index (χ1v) is 16.4. The molecule has 0 spiro atoms. The summed E-state index contributed by atoms with van der Waals surface area (Å²) in [6.07, 6.45) is 0. The second kappa shape index (κ2) is 17.6. The van der Waals surface area contributed by atoms with E-state index in [2.05, 4.69) is 10.6 Å². The van der Waals surface area contributed by atoms with Crippen molar-refractivity contribution in [2.75, 3.05) is 37.1 Å². The number of carbonyl (C=O) groups is 2. The van der Waals surface area contributed by atoms with Gasteiger partial charge in [0.25, 0.3) is 11.8 Å². The molecule has 0 aromatic heterocycles. The SMILES string of the molecule is O=C(Nc1ccc(Oc2ccc(NC(=O)c3cccc(OCCOc4ccccc4)c3)cc2)cc1)c1cccc(OCCOc2ccccc2)c1. The molecule has 0 saturated carbocycles. The average molecular weight is 681 g/mol. The van der Waals surface area contributed by atoms with Crippen molar-refractivity contribution in [2.24, 2.45) is 0 Å². The molecule has 0 saturated heterocycles. The third kappa shape index (κ3) is 10.6. The van der Waals surface area contributed by atoms with Gasteiger partial charge in [0.05, 0.1) is 0 Å². The minimum atomic E-state index is -0.264. The number of hydrogen-bond acceptors (Lipinski definition) is 7. The maximum absolute atomic E-state index is 12.9. The summed E-state index contributed by atoms with van der Waals surface area (Å²) in [5.74, 6) is 3.35. The first kappa shape index (κ1) is 34.1. The number of para-hydroxylation sites is 2. The van der Waals surface area contributed by atoms with Gasteiger partial charge in [0, 0.05) is 22.5 Å². The van der Waals surface area contributed by atoms with Crippen LogP contribution in [-0.2, 0) is 0 Å². The minimum absolute atomic E-state index is 0.264. The zero-order valence-electron chi connectivity index (χ0n) is 27.7. The van der Waals surface area contributed by atoms with Crippen molar-refractivity contribution in [2.45, 2.75) is 0 Å². The summed E-state index contributed by atoms with van der Waals surface area (Å²) in [5.41, 5.74) is 2.16. The van der Waals surface area contributed by atoms with Crippen molar-refractivity contribution in [3.63, 3.8) is 0 Å². The molecule has 0 radical (unpaired) electrons. The van der Waals surface area contributed by atoms with Crippen LogP contribution in [0.25, 0.3) is 0 Å². The fourth-order valence-electron chi connectivity index (χ4n) is 4.88. The highest BCUT2D eigenvalue weighted by Crippen LogP contribution is 2.26. The molecule has 2 amide bonds. The Kier molecular flexibility index (Phi) is 11.8. The topological polar surface area (TPSA) is 104 Å². The average Bonchev–Trinajstić information content (AvgIpc) is 3.18. The molecule has 9 heteroatoms. The molecule has 6 rings (SSSR count). The summed E-state index contributed by atoms with van der Waals surface area (Å²) in [6.45, 7) is 1.45. The highest BCUT2D eigenvalue weighted by molar-refractivity contribution is 6.05. The summed E-state index contributed by atoms with van der Waals surface area (Å²) < 4.78 is 28.8. The van der Waals surface area contributed by atoms with E-state index in [4.69, 9.17) is 23.7 Å². The summed E-state index contributed by atoms with van der Waals surface area (Å²) in [7, 11) is 0. The lowest BCUT2D eigenvalue weighted by atomic mass is 10.2. The van der Waals surface area contributed by atoms with E-state index < -0.39 is 0 Å². The Morgan fingerprint density at radius 2 is 0.725 bits per heavy atom. The first-order valence-electron chi connectivity index (χ1n) is 16.4. The Bertz CT molecular complexity index is 1860. The molecule has 6 aromatic carbocycles. The smallest absolute Gasteiger partial charge is 0.255 e. The molecule has 0 unspecified atom stereocenters. The Morgan fingerprint density at radius 3 is 1.12 bits per heavy atom. The molecule has 2 N–H and O–H groups in total. The van der Waals surface area contributed by atoms with E-state index in [1.54, 1.807) is 97.1 Å². The van der Waals surface area contributed by atoms with E-state index in [1.165, 1.54) is 0 Å².